The van der Waals surface area contributed by atoms with Crippen LogP contribution in [0.2, 0.25) is 0 Å². The minimum Gasteiger partial charge on any atom is -0.292 e. The van der Waals surface area contributed by atoms with Gasteiger partial charge in [0, 0.05) is 0 Å². The molecule has 8 heteroatoms. The second-order valence-electron chi connectivity index (χ2n) is 3.24. The SMILES string of the molecule is CS(=O)(=O)NC1(C(=O)NN)C=CC=CC1=O. The Kier molecular flexibility index (Phi) is 3.27. The Morgan fingerprint density at radius 2 is 2.06 bits per heavy atom. The van der Waals surface area contributed by atoms with E-state index < -0.39 is 27.3 Å². The van der Waals surface area contributed by atoms with E-state index in [2.05, 4.69) is 0 Å². The topological polar surface area (TPSA) is 118 Å². The van der Waals surface area contributed by atoms with Crippen molar-refractivity contribution >= 4 is 21.7 Å². The second kappa shape index (κ2) is 4.16. The van der Waals surface area contributed by atoms with Crippen molar-refractivity contribution in [2.75, 3.05) is 6.26 Å². The van der Waals surface area contributed by atoms with E-state index in [9.17, 15) is 18.0 Å². The van der Waals surface area contributed by atoms with Crippen LogP contribution in [0.15, 0.2) is 24.3 Å². The predicted molar refractivity (Wildman–Crippen MR) is 56.3 cm³/mol. The Balaban J connectivity index is 3.23. The summed E-state index contributed by atoms with van der Waals surface area (Å²) in [5.41, 5.74) is -0.232. The summed E-state index contributed by atoms with van der Waals surface area (Å²) in [6.07, 6.45) is 5.85. The molecule has 0 bridgehead atoms. The molecule has 0 aromatic rings. The lowest BCUT2D eigenvalue weighted by Gasteiger charge is -2.27. The Bertz CT molecular complexity index is 480. The van der Waals surface area contributed by atoms with Gasteiger partial charge in [0.25, 0.3) is 5.91 Å². The van der Waals surface area contributed by atoms with Crippen molar-refractivity contribution in [3.63, 3.8) is 0 Å². The Morgan fingerprint density at radius 1 is 1.44 bits per heavy atom. The number of hydrazine groups is 1. The van der Waals surface area contributed by atoms with Crippen molar-refractivity contribution in [3.05, 3.63) is 24.3 Å². The van der Waals surface area contributed by atoms with Gasteiger partial charge in [-0.2, -0.15) is 4.72 Å². The molecule has 1 unspecified atom stereocenters. The van der Waals surface area contributed by atoms with Gasteiger partial charge in [0.2, 0.25) is 10.0 Å². The summed E-state index contributed by atoms with van der Waals surface area (Å²) in [5.74, 6) is 3.28. The number of nitrogens with one attached hydrogen (secondary N) is 2. The van der Waals surface area contributed by atoms with E-state index in [4.69, 9.17) is 5.84 Å². The molecule has 0 aromatic carbocycles. The van der Waals surface area contributed by atoms with Gasteiger partial charge >= 0.3 is 0 Å². The van der Waals surface area contributed by atoms with Crippen LogP contribution in [0, 0.1) is 0 Å². The van der Waals surface area contributed by atoms with Crippen molar-refractivity contribution in [1.29, 1.82) is 0 Å². The summed E-state index contributed by atoms with van der Waals surface area (Å²) in [4.78, 5) is 23.1. The normalized spacial score (nSPS) is 24.5. The van der Waals surface area contributed by atoms with Crippen LogP contribution in [0.25, 0.3) is 0 Å². The molecular formula is C8H11N3O4S. The molecule has 1 aliphatic carbocycles. The van der Waals surface area contributed by atoms with Gasteiger partial charge in [-0.1, -0.05) is 12.2 Å². The van der Waals surface area contributed by atoms with Crippen molar-refractivity contribution < 1.29 is 18.0 Å². The summed E-state index contributed by atoms with van der Waals surface area (Å²) < 4.78 is 24.2. The minimum absolute atomic E-state index is 0.705. The molecule has 88 valence electrons. The molecule has 0 saturated heterocycles. The second-order valence-corrected chi connectivity index (χ2v) is 4.99. The third-order valence-corrected chi connectivity index (χ3v) is 2.62. The smallest absolute Gasteiger partial charge is 0.267 e. The number of hydrogen-bond acceptors (Lipinski definition) is 5. The van der Waals surface area contributed by atoms with E-state index in [-0.39, 0.29) is 0 Å². The van der Waals surface area contributed by atoms with Crippen molar-refractivity contribution in [1.82, 2.24) is 10.1 Å². The number of carbonyl (C=O) groups excluding carboxylic acids is 2. The fraction of sp³-hybridized carbons (Fsp3) is 0.250. The van der Waals surface area contributed by atoms with Crippen LogP contribution in [-0.2, 0) is 19.6 Å². The van der Waals surface area contributed by atoms with Crippen LogP contribution in [0.1, 0.15) is 0 Å². The van der Waals surface area contributed by atoms with Crippen molar-refractivity contribution in [2.24, 2.45) is 5.84 Å². The maximum Gasteiger partial charge on any atom is 0.267 e. The Hall–Kier alpha value is -1.51. The lowest BCUT2D eigenvalue weighted by molar-refractivity contribution is -0.132. The molecule has 1 aliphatic rings. The average Bonchev–Trinajstić information content (AvgIpc) is 2.18. The first-order valence-electron chi connectivity index (χ1n) is 4.22. The number of hydrogen-bond donors (Lipinski definition) is 3. The summed E-state index contributed by atoms with van der Waals surface area (Å²) in [6.45, 7) is 0. The molecule has 1 atom stereocenters. The van der Waals surface area contributed by atoms with Gasteiger partial charge in [0.05, 0.1) is 6.26 Å². The van der Waals surface area contributed by atoms with Gasteiger partial charge in [-0.15, -0.1) is 0 Å². The zero-order valence-corrected chi connectivity index (χ0v) is 9.24. The molecule has 1 amide bonds. The number of carbonyl (C=O) groups is 2. The van der Waals surface area contributed by atoms with Crippen molar-refractivity contribution in [2.45, 2.75) is 5.54 Å². The molecule has 0 fully saturated rings. The van der Waals surface area contributed by atoms with E-state index in [1.807, 2.05) is 4.72 Å². The van der Waals surface area contributed by atoms with Crippen LogP contribution in [0.4, 0.5) is 0 Å². The van der Waals surface area contributed by atoms with Crippen molar-refractivity contribution in [3.8, 4) is 0 Å². The highest BCUT2D eigenvalue weighted by Crippen LogP contribution is 2.15. The Labute approximate surface area is 92.4 Å². The number of amides is 1. The average molecular weight is 245 g/mol. The minimum atomic E-state index is -3.74. The van der Waals surface area contributed by atoms with E-state index in [0.29, 0.717) is 0 Å². The highest BCUT2D eigenvalue weighted by Gasteiger charge is 2.45. The highest BCUT2D eigenvalue weighted by atomic mass is 32.2. The van der Waals surface area contributed by atoms with Crippen LogP contribution < -0.4 is 16.0 Å². The summed E-state index contributed by atoms with van der Waals surface area (Å²) in [6, 6.07) is 0. The van der Waals surface area contributed by atoms with Crippen LogP contribution in [0.3, 0.4) is 0 Å². The molecule has 0 saturated carbocycles. The van der Waals surface area contributed by atoms with Crippen LogP contribution in [0.5, 0.6) is 0 Å². The lowest BCUT2D eigenvalue weighted by Crippen LogP contribution is -2.63. The zero-order valence-electron chi connectivity index (χ0n) is 8.43. The number of rotatable bonds is 3. The fourth-order valence-corrected chi connectivity index (χ4v) is 2.13. The molecule has 0 spiro atoms. The van der Waals surface area contributed by atoms with E-state index in [1.54, 1.807) is 5.43 Å². The third-order valence-electron chi connectivity index (χ3n) is 1.93. The van der Waals surface area contributed by atoms with Crippen LogP contribution in [-0.4, -0.2) is 31.9 Å². The van der Waals surface area contributed by atoms with Gasteiger partial charge < -0.3 is 0 Å². The molecule has 0 heterocycles. The number of ketones is 1. The molecule has 7 nitrogen and oxygen atoms in total. The quantitative estimate of drug-likeness (QED) is 0.229. The van der Waals surface area contributed by atoms with Gasteiger partial charge in [-0.05, 0) is 12.2 Å². The predicted octanol–water partition coefficient (Wildman–Crippen LogP) is -2.04. The van der Waals surface area contributed by atoms with Gasteiger partial charge in [0.15, 0.2) is 11.3 Å². The molecule has 16 heavy (non-hydrogen) atoms. The number of allylic oxidation sites excluding steroid dienone is 2. The standard InChI is InChI=1S/C8H11N3O4S/c1-16(14,15)11-8(7(13)10-9)5-3-2-4-6(8)12/h2-5,11H,9H2,1H3,(H,10,13). The van der Waals surface area contributed by atoms with E-state index in [0.717, 1.165) is 18.4 Å². The summed E-state index contributed by atoms with van der Waals surface area (Å²) in [5, 5.41) is 0. The molecule has 0 aliphatic heterocycles. The van der Waals surface area contributed by atoms with Gasteiger partial charge in [-0.3, -0.25) is 15.0 Å². The first-order valence-corrected chi connectivity index (χ1v) is 6.11. The van der Waals surface area contributed by atoms with Crippen LogP contribution >= 0.6 is 0 Å². The maximum absolute atomic E-state index is 11.6. The maximum atomic E-state index is 11.6. The first-order chi connectivity index (χ1) is 7.32. The first kappa shape index (κ1) is 12.6. The molecule has 1 rings (SSSR count). The lowest BCUT2D eigenvalue weighted by atomic mass is 9.90. The highest BCUT2D eigenvalue weighted by molar-refractivity contribution is 7.88. The largest absolute Gasteiger partial charge is 0.292 e. The number of sulfonamides is 1. The van der Waals surface area contributed by atoms with E-state index in [1.165, 1.54) is 12.2 Å². The monoisotopic (exact) mass is 245 g/mol. The van der Waals surface area contributed by atoms with Gasteiger partial charge in [0.1, 0.15) is 0 Å². The molecular weight excluding hydrogens is 234 g/mol. The molecule has 0 aromatic heterocycles. The van der Waals surface area contributed by atoms with E-state index >= 15 is 0 Å². The zero-order chi connectivity index (χ0) is 12.4. The number of nitrogens with two attached hydrogens (primary N) is 1. The Morgan fingerprint density at radius 3 is 2.50 bits per heavy atom. The molecule has 4 N–H and O–H groups in total. The molecule has 0 radical (unpaired) electrons. The summed E-state index contributed by atoms with van der Waals surface area (Å²) in [7, 11) is -3.74. The third kappa shape index (κ3) is 2.35. The summed E-state index contributed by atoms with van der Waals surface area (Å²) >= 11 is 0. The fourth-order valence-electron chi connectivity index (χ4n) is 1.28. The van der Waals surface area contributed by atoms with Gasteiger partial charge in [-0.25, -0.2) is 14.3 Å².